The van der Waals surface area contributed by atoms with E-state index in [2.05, 4.69) is 4.98 Å². The van der Waals surface area contributed by atoms with Crippen molar-refractivity contribution in [1.82, 2.24) is 4.98 Å². The molecule has 0 amide bonds. The number of ether oxygens (including phenoxy) is 1. The summed E-state index contributed by atoms with van der Waals surface area (Å²) in [6.07, 6.45) is 0.544. The third-order valence-electron chi connectivity index (χ3n) is 2.21. The molecule has 4 nitrogen and oxygen atoms in total. The van der Waals surface area contributed by atoms with Gasteiger partial charge in [-0.1, -0.05) is 0 Å². The largest absolute Gasteiger partial charge is 0.497 e. The number of aromatic amines is 1. The van der Waals surface area contributed by atoms with Gasteiger partial charge in [0.2, 0.25) is 0 Å². The number of benzene rings is 1. The minimum absolute atomic E-state index is 0.132. The molecule has 0 bridgehead atoms. The number of aldehydes is 1. The lowest BCUT2D eigenvalue weighted by atomic mass is 10.1. The van der Waals surface area contributed by atoms with Crippen molar-refractivity contribution in [2.75, 3.05) is 7.11 Å². The monoisotopic (exact) mass is 203 g/mol. The molecule has 0 spiro atoms. The van der Waals surface area contributed by atoms with E-state index in [1.54, 1.807) is 31.4 Å². The number of hydrogen-bond donors (Lipinski definition) is 1. The molecule has 0 aliphatic carbocycles. The Bertz CT molecular complexity index is 572. The van der Waals surface area contributed by atoms with Crippen LogP contribution in [0.4, 0.5) is 0 Å². The summed E-state index contributed by atoms with van der Waals surface area (Å²) >= 11 is 0. The number of methoxy groups -OCH3 is 1. The number of nitrogens with one attached hydrogen (secondary N) is 1. The number of aromatic nitrogens is 1. The summed E-state index contributed by atoms with van der Waals surface area (Å²) in [5.74, 6) is 0.664. The smallest absolute Gasteiger partial charge is 0.259 e. The first-order valence-corrected chi connectivity index (χ1v) is 4.41. The fraction of sp³-hybridized carbons (Fsp3) is 0.0909. The van der Waals surface area contributed by atoms with Crippen molar-refractivity contribution in [3.05, 3.63) is 40.2 Å². The Kier molecular flexibility index (Phi) is 2.25. The Hall–Kier alpha value is -2.10. The molecule has 1 N–H and O–H groups in total. The zero-order chi connectivity index (χ0) is 10.8. The van der Waals surface area contributed by atoms with Gasteiger partial charge in [0.25, 0.3) is 5.56 Å². The van der Waals surface area contributed by atoms with Gasteiger partial charge in [-0.15, -0.1) is 0 Å². The number of carbonyl (C=O) groups is 1. The number of carbonyl (C=O) groups excluding carboxylic acids is 1. The highest BCUT2D eigenvalue weighted by Crippen LogP contribution is 2.17. The van der Waals surface area contributed by atoms with Gasteiger partial charge in [0.15, 0.2) is 6.29 Å². The second kappa shape index (κ2) is 3.57. The minimum Gasteiger partial charge on any atom is -0.497 e. The first kappa shape index (κ1) is 9.45. The maximum Gasteiger partial charge on any atom is 0.259 e. The Morgan fingerprint density at radius 1 is 1.33 bits per heavy atom. The first-order chi connectivity index (χ1) is 7.24. The van der Waals surface area contributed by atoms with Crippen molar-refractivity contribution in [3.63, 3.8) is 0 Å². The van der Waals surface area contributed by atoms with Gasteiger partial charge in [0.1, 0.15) is 5.75 Å². The van der Waals surface area contributed by atoms with Crippen LogP contribution in [-0.4, -0.2) is 18.4 Å². The van der Waals surface area contributed by atoms with Gasteiger partial charge in [0.05, 0.1) is 18.2 Å². The van der Waals surface area contributed by atoms with Crippen LogP contribution in [-0.2, 0) is 0 Å². The van der Waals surface area contributed by atoms with Gasteiger partial charge in [-0.25, -0.2) is 0 Å². The van der Waals surface area contributed by atoms with E-state index in [4.69, 9.17) is 4.74 Å². The van der Waals surface area contributed by atoms with Crippen LogP contribution in [0.5, 0.6) is 5.75 Å². The van der Waals surface area contributed by atoms with Gasteiger partial charge in [-0.05, 0) is 23.6 Å². The van der Waals surface area contributed by atoms with E-state index in [0.717, 1.165) is 5.39 Å². The van der Waals surface area contributed by atoms with Crippen LogP contribution in [0.3, 0.4) is 0 Å². The molecular weight excluding hydrogens is 194 g/mol. The maximum absolute atomic E-state index is 11.3. The fourth-order valence-corrected chi connectivity index (χ4v) is 1.41. The standard InChI is InChI=1S/C11H9NO3/c1-15-9-3-2-7-4-8(6-13)11(14)12-10(7)5-9/h2-6H,1H3,(H,12,14). The summed E-state index contributed by atoms with van der Waals surface area (Å²) in [4.78, 5) is 24.5. The van der Waals surface area contributed by atoms with Crippen LogP contribution >= 0.6 is 0 Å². The molecule has 15 heavy (non-hydrogen) atoms. The highest BCUT2D eigenvalue weighted by atomic mass is 16.5. The summed E-state index contributed by atoms with van der Waals surface area (Å²) in [7, 11) is 1.55. The van der Waals surface area contributed by atoms with E-state index in [0.29, 0.717) is 17.6 Å². The van der Waals surface area contributed by atoms with Gasteiger partial charge in [-0.3, -0.25) is 9.59 Å². The molecule has 1 heterocycles. The molecule has 2 rings (SSSR count). The van der Waals surface area contributed by atoms with Crippen LogP contribution in [0.25, 0.3) is 10.9 Å². The number of hydrogen-bond acceptors (Lipinski definition) is 3. The van der Waals surface area contributed by atoms with E-state index < -0.39 is 0 Å². The predicted molar refractivity (Wildman–Crippen MR) is 56.5 cm³/mol. The van der Waals surface area contributed by atoms with Crippen molar-refractivity contribution in [2.45, 2.75) is 0 Å². The topological polar surface area (TPSA) is 59.2 Å². The summed E-state index contributed by atoms with van der Waals surface area (Å²) < 4.78 is 5.03. The first-order valence-electron chi connectivity index (χ1n) is 4.41. The highest BCUT2D eigenvalue weighted by molar-refractivity contribution is 5.86. The molecule has 0 saturated carbocycles. The molecular formula is C11H9NO3. The molecule has 76 valence electrons. The van der Waals surface area contributed by atoms with E-state index >= 15 is 0 Å². The molecule has 2 aromatic rings. The van der Waals surface area contributed by atoms with Gasteiger partial charge in [-0.2, -0.15) is 0 Å². The zero-order valence-corrected chi connectivity index (χ0v) is 8.11. The van der Waals surface area contributed by atoms with Crippen molar-refractivity contribution in [3.8, 4) is 5.75 Å². The molecule has 0 fully saturated rings. The lowest BCUT2D eigenvalue weighted by Crippen LogP contribution is -2.11. The quantitative estimate of drug-likeness (QED) is 0.749. The SMILES string of the molecule is COc1ccc2cc(C=O)c(=O)[nH]c2c1. The summed E-state index contributed by atoms with van der Waals surface area (Å²) in [5.41, 5.74) is 0.406. The molecule has 0 atom stereocenters. The third kappa shape index (κ3) is 1.61. The minimum atomic E-state index is -0.384. The van der Waals surface area contributed by atoms with Gasteiger partial charge in [0, 0.05) is 6.07 Å². The highest BCUT2D eigenvalue weighted by Gasteiger charge is 2.02. The number of fused-ring (bicyclic) bond motifs is 1. The normalized spacial score (nSPS) is 10.2. The molecule has 4 heteroatoms. The van der Waals surface area contributed by atoms with E-state index in [9.17, 15) is 9.59 Å². The summed E-state index contributed by atoms with van der Waals surface area (Å²) in [6, 6.07) is 6.83. The van der Waals surface area contributed by atoms with Crippen molar-refractivity contribution in [1.29, 1.82) is 0 Å². The predicted octanol–water partition coefficient (Wildman–Crippen LogP) is 1.35. The van der Waals surface area contributed by atoms with E-state index in [1.165, 1.54) is 0 Å². The van der Waals surface area contributed by atoms with Crippen molar-refractivity contribution >= 4 is 17.2 Å². The average molecular weight is 203 g/mol. The van der Waals surface area contributed by atoms with E-state index in [-0.39, 0.29) is 11.1 Å². The zero-order valence-electron chi connectivity index (χ0n) is 8.11. The Morgan fingerprint density at radius 3 is 2.80 bits per heavy atom. The number of rotatable bonds is 2. The fourth-order valence-electron chi connectivity index (χ4n) is 1.41. The van der Waals surface area contributed by atoms with Crippen LogP contribution in [0.15, 0.2) is 29.1 Å². The average Bonchev–Trinajstić information content (AvgIpc) is 2.27. The Balaban J connectivity index is 2.75. The summed E-state index contributed by atoms with van der Waals surface area (Å²) in [5, 5.41) is 0.803. The molecule has 0 aliphatic heterocycles. The number of pyridine rings is 1. The second-order valence-corrected chi connectivity index (χ2v) is 3.12. The van der Waals surface area contributed by atoms with Crippen LogP contribution < -0.4 is 10.3 Å². The van der Waals surface area contributed by atoms with Crippen LogP contribution in [0, 0.1) is 0 Å². The van der Waals surface area contributed by atoms with Crippen molar-refractivity contribution in [2.24, 2.45) is 0 Å². The molecule has 1 aromatic heterocycles. The van der Waals surface area contributed by atoms with Crippen LogP contribution in [0.1, 0.15) is 10.4 Å². The van der Waals surface area contributed by atoms with Gasteiger partial charge < -0.3 is 9.72 Å². The lowest BCUT2D eigenvalue weighted by molar-refractivity contribution is 0.112. The Labute approximate surface area is 85.5 Å². The molecule has 0 saturated heterocycles. The molecule has 0 aliphatic rings. The molecule has 0 unspecified atom stereocenters. The van der Waals surface area contributed by atoms with E-state index in [1.807, 2.05) is 0 Å². The van der Waals surface area contributed by atoms with Gasteiger partial charge >= 0.3 is 0 Å². The summed E-state index contributed by atoms with van der Waals surface area (Å²) in [6.45, 7) is 0. The maximum atomic E-state index is 11.3. The molecule has 1 aromatic carbocycles. The molecule has 0 radical (unpaired) electrons. The number of H-pyrrole nitrogens is 1. The Morgan fingerprint density at radius 2 is 2.13 bits per heavy atom. The van der Waals surface area contributed by atoms with Crippen molar-refractivity contribution < 1.29 is 9.53 Å². The lowest BCUT2D eigenvalue weighted by Gasteiger charge is -2.02. The second-order valence-electron chi connectivity index (χ2n) is 3.12. The third-order valence-corrected chi connectivity index (χ3v) is 2.21. The van der Waals surface area contributed by atoms with Crippen LogP contribution in [0.2, 0.25) is 0 Å².